The zero-order chi connectivity index (χ0) is 10.7. The molecule has 0 N–H and O–H groups in total. The van der Waals surface area contributed by atoms with E-state index in [4.69, 9.17) is 4.74 Å². The minimum Gasteiger partial charge on any atom is -0.381 e. The van der Waals surface area contributed by atoms with Gasteiger partial charge in [0.2, 0.25) is 0 Å². The number of aryl methyl sites for hydroxylation is 2. The average molecular weight is 257 g/mol. The van der Waals surface area contributed by atoms with Crippen LogP contribution < -0.4 is 0 Å². The highest BCUT2D eigenvalue weighted by atomic mass is 79.9. The van der Waals surface area contributed by atoms with Crippen molar-refractivity contribution in [1.82, 2.24) is 0 Å². The van der Waals surface area contributed by atoms with Gasteiger partial charge in [-0.1, -0.05) is 22.0 Å². The molecule has 0 heterocycles. The quantitative estimate of drug-likeness (QED) is 0.803. The van der Waals surface area contributed by atoms with E-state index < -0.39 is 0 Å². The van der Waals surface area contributed by atoms with Crippen LogP contribution in [0.5, 0.6) is 0 Å². The van der Waals surface area contributed by atoms with Crippen molar-refractivity contribution in [2.24, 2.45) is 0 Å². The molecule has 14 heavy (non-hydrogen) atoms. The van der Waals surface area contributed by atoms with Gasteiger partial charge >= 0.3 is 0 Å². The lowest BCUT2D eigenvalue weighted by Gasteiger charge is -2.14. The molecule has 0 radical (unpaired) electrons. The van der Waals surface area contributed by atoms with Gasteiger partial charge in [0.15, 0.2) is 0 Å². The van der Waals surface area contributed by atoms with Crippen LogP contribution in [0.25, 0.3) is 0 Å². The molecule has 2 heteroatoms. The molecule has 0 aromatic heterocycles. The first-order valence-corrected chi connectivity index (χ1v) is 5.62. The van der Waals surface area contributed by atoms with E-state index in [-0.39, 0.29) is 6.10 Å². The van der Waals surface area contributed by atoms with Gasteiger partial charge in [0.25, 0.3) is 0 Å². The highest BCUT2D eigenvalue weighted by Gasteiger charge is 2.08. The van der Waals surface area contributed by atoms with Crippen LogP contribution in [-0.2, 0) is 11.2 Å². The van der Waals surface area contributed by atoms with Crippen molar-refractivity contribution in [3.8, 4) is 0 Å². The van der Waals surface area contributed by atoms with Gasteiger partial charge in [0.1, 0.15) is 0 Å². The van der Waals surface area contributed by atoms with Gasteiger partial charge in [-0.15, -0.1) is 0 Å². The lowest BCUT2D eigenvalue weighted by molar-refractivity contribution is 0.118. The zero-order valence-electron chi connectivity index (χ0n) is 9.23. The molecule has 1 unspecified atom stereocenters. The summed E-state index contributed by atoms with van der Waals surface area (Å²) in [5, 5.41) is 0. The smallest absolute Gasteiger partial charge is 0.0584 e. The van der Waals surface area contributed by atoms with Gasteiger partial charge in [-0.25, -0.2) is 0 Å². The minimum atomic E-state index is 0.271. The molecule has 1 atom stereocenters. The normalized spacial score (nSPS) is 12.9. The molecule has 0 amide bonds. The van der Waals surface area contributed by atoms with Gasteiger partial charge in [-0.05, 0) is 49.9 Å². The van der Waals surface area contributed by atoms with Crippen LogP contribution >= 0.6 is 15.9 Å². The topological polar surface area (TPSA) is 9.23 Å². The van der Waals surface area contributed by atoms with Crippen molar-refractivity contribution in [2.75, 3.05) is 7.11 Å². The predicted octanol–water partition coefficient (Wildman–Crippen LogP) is 3.64. The van der Waals surface area contributed by atoms with E-state index >= 15 is 0 Å². The van der Waals surface area contributed by atoms with E-state index in [0.29, 0.717) is 0 Å². The number of ether oxygens (including phenoxy) is 1. The van der Waals surface area contributed by atoms with Crippen molar-refractivity contribution in [3.63, 3.8) is 0 Å². The Morgan fingerprint density at radius 3 is 2.50 bits per heavy atom. The van der Waals surface area contributed by atoms with Gasteiger partial charge < -0.3 is 4.74 Å². The third-order valence-corrected chi connectivity index (χ3v) is 3.16. The van der Waals surface area contributed by atoms with Crippen LogP contribution in [0.1, 0.15) is 23.6 Å². The molecule has 0 bridgehead atoms. The highest BCUT2D eigenvalue weighted by Crippen LogP contribution is 2.24. The van der Waals surface area contributed by atoms with Crippen LogP contribution in [0.3, 0.4) is 0 Å². The van der Waals surface area contributed by atoms with Crippen molar-refractivity contribution in [3.05, 3.63) is 33.3 Å². The van der Waals surface area contributed by atoms with Crippen molar-refractivity contribution in [1.29, 1.82) is 0 Å². The maximum absolute atomic E-state index is 5.27. The molecule has 0 spiro atoms. The van der Waals surface area contributed by atoms with Crippen molar-refractivity contribution in [2.45, 2.75) is 33.3 Å². The number of rotatable bonds is 3. The summed E-state index contributed by atoms with van der Waals surface area (Å²) in [6.07, 6.45) is 1.23. The van der Waals surface area contributed by atoms with E-state index in [2.05, 4.69) is 48.8 Å². The Hall–Kier alpha value is -0.340. The van der Waals surface area contributed by atoms with Gasteiger partial charge in [0, 0.05) is 11.6 Å². The SMILES string of the molecule is COC(C)Cc1c(C)cc(C)cc1Br. The second-order valence-corrected chi connectivity index (χ2v) is 4.65. The van der Waals surface area contributed by atoms with Crippen molar-refractivity contribution < 1.29 is 4.74 Å². The Labute approximate surface area is 94.6 Å². The lowest BCUT2D eigenvalue weighted by atomic mass is 10.0. The Morgan fingerprint density at radius 1 is 1.36 bits per heavy atom. The predicted molar refractivity (Wildman–Crippen MR) is 63.8 cm³/mol. The van der Waals surface area contributed by atoms with Crippen LogP contribution in [0.2, 0.25) is 0 Å². The summed E-state index contributed by atoms with van der Waals surface area (Å²) in [7, 11) is 1.75. The molecule has 0 saturated heterocycles. The van der Waals surface area contributed by atoms with Crippen LogP contribution in [0.15, 0.2) is 16.6 Å². The highest BCUT2D eigenvalue weighted by molar-refractivity contribution is 9.10. The summed E-state index contributed by atoms with van der Waals surface area (Å²) in [6, 6.07) is 4.37. The fourth-order valence-electron chi connectivity index (χ4n) is 1.57. The number of hydrogen-bond donors (Lipinski definition) is 0. The summed E-state index contributed by atoms with van der Waals surface area (Å²) >= 11 is 3.60. The molecule has 1 nitrogen and oxygen atoms in total. The summed E-state index contributed by atoms with van der Waals surface area (Å²) < 4.78 is 6.47. The molecular formula is C12H17BrO. The average Bonchev–Trinajstić information content (AvgIpc) is 2.10. The fraction of sp³-hybridized carbons (Fsp3) is 0.500. The fourth-order valence-corrected chi connectivity index (χ4v) is 2.41. The molecular weight excluding hydrogens is 240 g/mol. The first-order valence-electron chi connectivity index (χ1n) is 4.83. The zero-order valence-corrected chi connectivity index (χ0v) is 10.8. The molecule has 78 valence electrons. The molecule has 1 aromatic rings. The lowest BCUT2D eigenvalue weighted by Crippen LogP contribution is -2.10. The first-order chi connectivity index (χ1) is 6.54. The van der Waals surface area contributed by atoms with Gasteiger partial charge in [0.05, 0.1) is 6.10 Å². The Kier molecular flexibility index (Phi) is 4.14. The second kappa shape index (κ2) is 4.94. The Morgan fingerprint density at radius 2 is 2.00 bits per heavy atom. The summed E-state index contributed by atoms with van der Waals surface area (Å²) in [6.45, 7) is 6.35. The molecule has 0 aliphatic carbocycles. The van der Waals surface area contributed by atoms with E-state index in [1.165, 1.54) is 21.2 Å². The monoisotopic (exact) mass is 256 g/mol. The Balaban J connectivity index is 2.96. The van der Waals surface area contributed by atoms with Gasteiger partial charge in [-0.3, -0.25) is 0 Å². The maximum Gasteiger partial charge on any atom is 0.0584 e. The van der Waals surface area contributed by atoms with E-state index in [0.717, 1.165) is 6.42 Å². The third-order valence-electron chi connectivity index (χ3n) is 2.46. The Bertz CT molecular complexity index is 297. The molecule has 0 fully saturated rings. The van der Waals surface area contributed by atoms with Gasteiger partial charge in [-0.2, -0.15) is 0 Å². The summed E-state index contributed by atoms with van der Waals surface area (Å²) in [5.41, 5.74) is 3.98. The first kappa shape index (κ1) is 11.7. The van der Waals surface area contributed by atoms with E-state index in [1.54, 1.807) is 7.11 Å². The van der Waals surface area contributed by atoms with Crippen LogP contribution in [-0.4, -0.2) is 13.2 Å². The molecule has 0 aliphatic rings. The molecule has 1 aromatic carbocycles. The number of benzene rings is 1. The largest absolute Gasteiger partial charge is 0.381 e. The molecule has 0 saturated carbocycles. The third kappa shape index (κ3) is 2.82. The number of methoxy groups -OCH3 is 1. The van der Waals surface area contributed by atoms with E-state index in [9.17, 15) is 0 Å². The van der Waals surface area contributed by atoms with Crippen LogP contribution in [0, 0.1) is 13.8 Å². The van der Waals surface area contributed by atoms with Crippen molar-refractivity contribution >= 4 is 15.9 Å². The number of hydrogen-bond acceptors (Lipinski definition) is 1. The maximum atomic E-state index is 5.27. The second-order valence-electron chi connectivity index (χ2n) is 3.79. The minimum absolute atomic E-state index is 0.271. The number of halogens is 1. The van der Waals surface area contributed by atoms with Crippen LogP contribution in [0.4, 0.5) is 0 Å². The summed E-state index contributed by atoms with van der Waals surface area (Å²) in [4.78, 5) is 0. The molecule has 1 rings (SSSR count). The van der Waals surface area contributed by atoms with E-state index in [1.807, 2.05) is 0 Å². The summed E-state index contributed by atoms with van der Waals surface area (Å²) in [5.74, 6) is 0. The molecule has 0 aliphatic heterocycles. The standard InChI is InChI=1S/C12H17BrO/c1-8-5-9(2)11(12(13)6-8)7-10(3)14-4/h5-6,10H,7H2,1-4H3.